The third-order valence-electron chi connectivity index (χ3n) is 12.9. The van der Waals surface area contributed by atoms with Crippen molar-refractivity contribution in [1.29, 1.82) is 0 Å². The molecule has 9 aromatic rings. The number of aliphatic imine (C=N–C) groups is 3. The second-order valence-electron chi connectivity index (χ2n) is 18.9. The van der Waals surface area contributed by atoms with Crippen molar-refractivity contribution < 1.29 is 0 Å². The van der Waals surface area contributed by atoms with Crippen LogP contribution in [0, 0.1) is 0 Å². The van der Waals surface area contributed by atoms with Crippen molar-refractivity contribution in [3.8, 4) is 33.8 Å². The molecule has 69 heavy (non-hydrogen) atoms. The molecule has 1 aliphatic carbocycles. The van der Waals surface area contributed by atoms with E-state index in [9.17, 15) is 0 Å². The van der Waals surface area contributed by atoms with Crippen LogP contribution in [0.25, 0.3) is 33.8 Å². The van der Waals surface area contributed by atoms with Crippen LogP contribution in [0.3, 0.4) is 0 Å². The minimum atomic E-state index is -0.646. The van der Waals surface area contributed by atoms with Gasteiger partial charge in [0.25, 0.3) is 0 Å². The van der Waals surface area contributed by atoms with Crippen LogP contribution in [-0.4, -0.2) is 48.7 Å². The van der Waals surface area contributed by atoms with E-state index in [1.54, 1.807) is 0 Å². The normalized spacial score (nSPS) is 19.8. The second-order valence-corrected chi connectivity index (χ2v) is 18.9. The lowest BCUT2D eigenvalue weighted by Gasteiger charge is -2.49. The van der Waals surface area contributed by atoms with Crippen LogP contribution in [0.5, 0.6) is 0 Å². The summed E-state index contributed by atoms with van der Waals surface area (Å²) in [6.07, 6.45) is 7.89. The molecular formula is C63H54N6. The maximum Gasteiger partial charge on any atom is 0.0741 e. The highest BCUT2D eigenvalue weighted by Gasteiger charge is 2.50. The molecule has 0 spiro atoms. The molecule has 0 unspecified atom stereocenters. The summed E-state index contributed by atoms with van der Waals surface area (Å²) < 4.78 is 0. The third-order valence-corrected chi connectivity index (χ3v) is 12.9. The molecule has 336 valence electrons. The predicted octanol–water partition coefficient (Wildman–Crippen LogP) is 14.2. The van der Waals surface area contributed by atoms with Gasteiger partial charge < -0.3 is 0 Å². The largest absolute Gasteiger partial charge is 0.278 e. The first-order valence-corrected chi connectivity index (χ1v) is 23.7. The van der Waals surface area contributed by atoms with E-state index in [1.807, 2.05) is 73.2 Å². The molecule has 6 aromatic carbocycles. The first kappa shape index (κ1) is 44.6. The fourth-order valence-corrected chi connectivity index (χ4v) is 10.3. The van der Waals surface area contributed by atoms with Crippen LogP contribution in [0.15, 0.2) is 252 Å². The maximum absolute atomic E-state index is 5.91. The van der Waals surface area contributed by atoms with Gasteiger partial charge in [0, 0.05) is 68.7 Å². The Labute approximate surface area is 406 Å². The Morgan fingerprint density at radius 3 is 0.739 bits per heavy atom. The lowest BCUT2D eigenvalue weighted by atomic mass is 9.65. The molecule has 0 saturated heterocycles. The topological polar surface area (TPSA) is 75.8 Å². The minimum absolute atomic E-state index is 0.646. The van der Waals surface area contributed by atoms with Gasteiger partial charge in [0.2, 0.25) is 0 Å². The van der Waals surface area contributed by atoms with Crippen molar-refractivity contribution >= 4 is 17.1 Å². The number of benzene rings is 6. The molecule has 0 atom stereocenters. The highest BCUT2D eigenvalue weighted by Crippen LogP contribution is 2.48. The number of aromatic nitrogens is 3. The quantitative estimate of drug-likeness (QED) is 0.115. The van der Waals surface area contributed by atoms with E-state index < -0.39 is 16.6 Å². The fraction of sp³-hybridized carbons (Fsp3) is 0.143. The number of nitrogens with zero attached hydrogens (tertiary/aromatic N) is 6. The molecule has 0 N–H and O–H groups in total. The van der Waals surface area contributed by atoms with Gasteiger partial charge in [0.15, 0.2) is 0 Å². The van der Waals surface area contributed by atoms with Gasteiger partial charge >= 0.3 is 0 Å². The summed E-state index contributed by atoms with van der Waals surface area (Å²) in [5.74, 6) is 0. The lowest BCUT2D eigenvalue weighted by Crippen LogP contribution is -2.52. The maximum atomic E-state index is 5.91. The van der Waals surface area contributed by atoms with Crippen molar-refractivity contribution in [3.63, 3.8) is 0 Å². The molecule has 1 fully saturated rings. The Morgan fingerprint density at radius 1 is 0.290 bits per heavy atom. The van der Waals surface area contributed by atoms with Crippen molar-refractivity contribution in [3.05, 3.63) is 270 Å². The summed E-state index contributed by atoms with van der Waals surface area (Å²) in [6.45, 7) is 6.87. The summed E-state index contributed by atoms with van der Waals surface area (Å²) in [5.41, 5.74) is 12.6. The van der Waals surface area contributed by atoms with E-state index in [0.29, 0.717) is 19.3 Å². The monoisotopic (exact) mass is 894 g/mol. The Bertz CT molecular complexity index is 2850. The van der Waals surface area contributed by atoms with Gasteiger partial charge in [-0.05, 0) is 76.4 Å². The van der Waals surface area contributed by atoms with Crippen LogP contribution >= 0.6 is 0 Å². The molecule has 3 heterocycles. The molecule has 1 aliphatic rings. The van der Waals surface area contributed by atoms with Gasteiger partial charge in [-0.25, -0.2) is 0 Å². The molecule has 6 heteroatoms. The second kappa shape index (κ2) is 19.6. The van der Waals surface area contributed by atoms with Crippen molar-refractivity contribution in [2.75, 3.05) is 0 Å². The van der Waals surface area contributed by atoms with Gasteiger partial charge in [-0.15, -0.1) is 0 Å². The van der Waals surface area contributed by atoms with E-state index in [0.717, 1.165) is 84.3 Å². The smallest absolute Gasteiger partial charge is 0.0741 e. The minimum Gasteiger partial charge on any atom is -0.278 e. The van der Waals surface area contributed by atoms with Crippen LogP contribution in [0.1, 0.15) is 73.4 Å². The SMILES string of the molecule is CC1(N=C(c2ccccc2)c2ccc(-c3ccccc3)nc2)CC(C)(N=C(c2ccccc2)c2ccc(-c3ccccc3)nc2)CC(C)(N=C(c2ccccc2)c2ccc(-c3ccccc3)nc2)C1. The van der Waals surface area contributed by atoms with E-state index in [-0.39, 0.29) is 0 Å². The van der Waals surface area contributed by atoms with Gasteiger partial charge in [0.1, 0.15) is 0 Å². The summed E-state index contributed by atoms with van der Waals surface area (Å²) >= 11 is 0. The van der Waals surface area contributed by atoms with E-state index >= 15 is 0 Å². The van der Waals surface area contributed by atoms with Gasteiger partial charge in [0.05, 0.1) is 50.8 Å². The zero-order chi connectivity index (χ0) is 47.1. The molecular weight excluding hydrogens is 841 g/mol. The van der Waals surface area contributed by atoms with Crippen molar-refractivity contribution in [1.82, 2.24) is 15.0 Å². The Morgan fingerprint density at radius 2 is 0.522 bits per heavy atom. The fourth-order valence-electron chi connectivity index (χ4n) is 10.3. The molecule has 1 saturated carbocycles. The Balaban J connectivity index is 1.14. The van der Waals surface area contributed by atoms with Crippen LogP contribution in [-0.2, 0) is 0 Å². The first-order valence-electron chi connectivity index (χ1n) is 23.7. The number of hydrogen-bond acceptors (Lipinski definition) is 6. The van der Waals surface area contributed by atoms with Crippen molar-refractivity contribution in [2.45, 2.75) is 56.7 Å². The summed E-state index contributed by atoms with van der Waals surface area (Å²) in [5, 5.41) is 0. The third kappa shape index (κ3) is 10.4. The van der Waals surface area contributed by atoms with Crippen LogP contribution in [0.4, 0.5) is 0 Å². The van der Waals surface area contributed by atoms with E-state index in [1.165, 1.54) is 0 Å². The van der Waals surface area contributed by atoms with Gasteiger partial charge in [-0.3, -0.25) is 29.9 Å². The zero-order valence-electron chi connectivity index (χ0n) is 39.3. The number of pyridine rings is 3. The van der Waals surface area contributed by atoms with Gasteiger partial charge in [-0.1, -0.05) is 182 Å². The molecule has 0 radical (unpaired) electrons. The Kier molecular flexibility index (Phi) is 12.6. The summed E-state index contributed by atoms with van der Waals surface area (Å²) in [7, 11) is 0. The summed E-state index contributed by atoms with van der Waals surface area (Å²) in [6, 6.07) is 75.2. The lowest BCUT2D eigenvalue weighted by molar-refractivity contribution is 0.149. The number of rotatable bonds is 12. The van der Waals surface area contributed by atoms with Crippen molar-refractivity contribution in [2.24, 2.45) is 15.0 Å². The van der Waals surface area contributed by atoms with E-state index in [4.69, 9.17) is 29.9 Å². The first-order chi connectivity index (χ1) is 33.7. The molecule has 3 aromatic heterocycles. The average Bonchev–Trinajstić information content (AvgIpc) is 3.40. The predicted molar refractivity (Wildman–Crippen MR) is 284 cm³/mol. The van der Waals surface area contributed by atoms with Gasteiger partial charge in [-0.2, -0.15) is 0 Å². The highest BCUT2D eigenvalue weighted by molar-refractivity contribution is 6.14. The molecule has 0 bridgehead atoms. The number of hydrogen-bond donors (Lipinski definition) is 0. The molecule has 0 aliphatic heterocycles. The Hall–Kier alpha value is -8.22. The molecule has 0 amide bonds. The zero-order valence-corrected chi connectivity index (χ0v) is 39.3. The average molecular weight is 895 g/mol. The standard InChI is InChI=1S/C63H54N6/c1-61(67-58(49-28-16-7-17-29-49)52-34-37-55(64-40-52)46-22-10-4-11-23-46)43-62(2,68-59(50-30-18-8-19-31-50)53-35-38-56(65-41-53)47-24-12-5-13-25-47)45-63(3,44-61)69-60(51-32-20-9-21-33-51)54-36-39-57(66-42-54)48-26-14-6-15-27-48/h4-42H,43-45H2,1-3H3. The highest BCUT2D eigenvalue weighted by atomic mass is 15.0. The van der Waals surface area contributed by atoms with E-state index in [2.05, 4.69) is 185 Å². The summed E-state index contributed by atoms with van der Waals surface area (Å²) in [4.78, 5) is 32.7. The van der Waals surface area contributed by atoms with Crippen LogP contribution in [0.2, 0.25) is 0 Å². The molecule has 10 rings (SSSR count). The molecule has 6 nitrogen and oxygen atoms in total. The van der Waals surface area contributed by atoms with Crippen LogP contribution < -0.4 is 0 Å².